The van der Waals surface area contributed by atoms with E-state index in [2.05, 4.69) is 27.2 Å². The maximum absolute atomic E-state index is 10.7. The van der Waals surface area contributed by atoms with Gasteiger partial charge in [0.05, 0.1) is 6.61 Å². The third kappa shape index (κ3) is 2.15. The van der Waals surface area contributed by atoms with Crippen LogP contribution < -0.4 is 10.4 Å². The molecule has 1 heterocycles. The zero-order valence-electron chi connectivity index (χ0n) is 5.88. The molecule has 0 fully saturated rings. The standard InChI is InChI=1S/C5H7N3O2S/c1-2-10-4-6-3(9)7-5(11)8-4/h2H2,1H3,(H2,6,7,8,9,11). The Morgan fingerprint density at radius 3 is 2.91 bits per heavy atom. The monoisotopic (exact) mass is 173 g/mol. The topological polar surface area (TPSA) is 70.8 Å². The first-order chi connectivity index (χ1) is 5.22. The number of hydrogen-bond donors (Lipinski definition) is 2. The molecule has 5 nitrogen and oxygen atoms in total. The molecule has 0 aliphatic carbocycles. The molecule has 1 aromatic heterocycles. The van der Waals surface area contributed by atoms with E-state index in [9.17, 15) is 4.79 Å². The zero-order chi connectivity index (χ0) is 8.27. The van der Waals surface area contributed by atoms with E-state index in [4.69, 9.17) is 4.74 Å². The van der Waals surface area contributed by atoms with Crippen molar-refractivity contribution in [1.82, 2.24) is 15.0 Å². The molecule has 0 saturated heterocycles. The minimum atomic E-state index is -0.409. The number of ether oxygens (including phenoxy) is 1. The van der Waals surface area contributed by atoms with Gasteiger partial charge in [0.15, 0.2) is 0 Å². The highest BCUT2D eigenvalue weighted by Crippen LogP contribution is 1.93. The number of nitrogens with zero attached hydrogens (tertiary/aromatic N) is 1. The summed E-state index contributed by atoms with van der Waals surface area (Å²) in [5.74, 6) is 0. The van der Waals surface area contributed by atoms with E-state index in [-0.39, 0.29) is 10.8 Å². The second kappa shape index (κ2) is 3.29. The van der Waals surface area contributed by atoms with Crippen LogP contribution in [0.4, 0.5) is 0 Å². The smallest absolute Gasteiger partial charge is 0.329 e. The second-order valence-corrected chi connectivity index (χ2v) is 2.12. The van der Waals surface area contributed by atoms with Crippen molar-refractivity contribution in [3.63, 3.8) is 0 Å². The first-order valence-electron chi connectivity index (χ1n) is 3.06. The van der Waals surface area contributed by atoms with Crippen LogP contribution in [0.1, 0.15) is 6.92 Å². The molecule has 0 spiro atoms. The summed E-state index contributed by atoms with van der Waals surface area (Å²) >= 11 is 4.63. The van der Waals surface area contributed by atoms with E-state index in [1.54, 1.807) is 6.92 Å². The summed E-state index contributed by atoms with van der Waals surface area (Å²) in [6.45, 7) is 2.24. The van der Waals surface area contributed by atoms with Crippen LogP contribution in [-0.4, -0.2) is 21.6 Å². The van der Waals surface area contributed by atoms with E-state index >= 15 is 0 Å². The third-order valence-corrected chi connectivity index (χ3v) is 1.12. The van der Waals surface area contributed by atoms with Crippen molar-refractivity contribution in [3.8, 4) is 6.01 Å². The van der Waals surface area contributed by atoms with E-state index in [0.717, 1.165) is 0 Å². The van der Waals surface area contributed by atoms with Crippen molar-refractivity contribution in [2.24, 2.45) is 0 Å². The summed E-state index contributed by atoms with van der Waals surface area (Å²) in [7, 11) is 0. The Labute approximate surface area is 67.5 Å². The predicted octanol–water partition coefficient (Wildman–Crippen LogP) is 0.226. The van der Waals surface area contributed by atoms with E-state index in [0.29, 0.717) is 6.61 Å². The summed E-state index contributed by atoms with van der Waals surface area (Å²) in [5, 5.41) is 0. The highest BCUT2D eigenvalue weighted by atomic mass is 32.1. The quantitative estimate of drug-likeness (QED) is 0.628. The van der Waals surface area contributed by atoms with Crippen molar-refractivity contribution in [3.05, 3.63) is 15.3 Å². The second-order valence-electron chi connectivity index (χ2n) is 1.73. The number of aromatic amines is 2. The van der Waals surface area contributed by atoms with Crippen LogP contribution in [0.25, 0.3) is 0 Å². The Morgan fingerprint density at radius 1 is 1.64 bits per heavy atom. The zero-order valence-corrected chi connectivity index (χ0v) is 6.70. The molecule has 2 N–H and O–H groups in total. The maximum Gasteiger partial charge on any atom is 0.329 e. The molecule has 0 aliphatic heterocycles. The molecule has 60 valence electrons. The van der Waals surface area contributed by atoms with Gasteiger partial charge in [-0.2, -0.15) is 4.98 Å². The molecule has 1 aromatic rings. The van der Waals surface area contributed by atoms with Gasteiger partial charge in [-0.15, -0.1) is 0 Å². The van der Waals surface area contributed by atoms with Crippen LogP contribution in [0.2, 0.25) is 0 Å². The predicted molar refractivity (Wildman–Crippen MR) is 41.2 cm³/mol. The fourth-order valence-electron chi connectivity index (χ4n) is 0.579. The molecule has 0 unspecified atom stereocenters. The van der Waals surface area contributed by atoms with Crippen molar-refractivity contribution < 1.29 is 4.74 Å². The Bertz CT molecular complexity index is 314. The first-order valence-corrected chi connectivity index (χ1v) is 3.46. The summed E-state index contributed by atoms with van der Waals surface area (Å²) in [6.07, 6.45) is 0. The molecule has 0 aliphatic rings. The Hall–Kier alpha value is -1.17. The minimum Gasteiger partial charge on any atom is -0.465 e. The van der Waals surface area contributed by atoms with Crippen LogP contribution in [0.5, 0.6) is 6.01 Å². The van der Waals surface area contributed by atoms with E-state index in [1.165, 1.54) is 0 Å². The summed E-state index contributed by atoms with van der Waals surface area (Å²) in [5.41, 5.74) is -0.409. The molecule has 6 heteroatoms. The number of rotatable bonds is 2. The summed E-state index contributed by atoms with van der Waals surface area (Å²) in [4.78, 5) is 19.0. The Kier molecular flexibility index (Phi) is 2.37. The molecule has 0 aromatic carbocycles. The van der Waals surface area contributed by atoms with Gasteiger partial charge >= 0.3 is 5.69 Å². The highest BCUT2D eigenvalue weighted by molar-refractivity contribution is 7.71. The van der Waals surface area contributed by atoms with Crippen molar-refractivity contribution in [2.75, 3.05) is 6.61 Å². The van der Waals surface area contributed by atoms with Gasteiger partial charge in [0.2, 0.25) is 4.77 Å². The summed E-state index contributed by atoms with van der Waals surface area (Å²) in [6, 6.07) is 0.154. The van der Waals surface area contributed by atoms with Gasteiger partial charge in [-0.25, -0.2) is 4.79 Å². The van der Waals surface area contributed by atoms with Gasteiger partial charge in [-0.1, -0.05) is 0 Å². The van der Waals surface area contributed by atoms with Gasteiger partial charge in [-0.3, -0.25) is 9.97 Å². The molecule has 11 heavy (non-hydrogen) atoms. The Morgan fingerprint density at radius 2 is 2.36 bits per heavy atom. The van der Waals surface area contributed by atoms with Crippen molar-refractivity contribution in [1.29, 1.82) is 0 Å². The van der Waals surface area contributed by atoms with Crippen LogP contribution in [0.15, 0.2) is 4.79 Å². The molecule has 0 bridgehead atoms. The largest absolute Gasteiger partial charge is 0.465 e. The molecule has 0 radical (unpaired) electrons. The number of hydrogen-bond acceptors (Lipinski definition) is 4. The molecular weight excluding hydrogens is 166 g/mol. The van der Waals surface area contributed by atoms with Crippen molar-refractivity contribution >= 4 is 12.2 Å². The Balaban J connectivity index is 3.09. The van der Waals surface area contributed by atoms with Crippen LogP contribution >= 0.6 is 12.2 Å². The van der Waals surface area contributed by atoms with E-state index < -0.39 is 5.69 Å². The third-order valence-electron chi connectivity index (χ3n) is 0.925. The molecule has 1 rings (SSSR count). The van der Waals surface area contributed by atoms with Gasteiger partial charge in [0, 0.05) is 0 Å². The number of H-pyrrole nitrogens is 2. The number of aromatic nitrogens is 3. The fourth-order valence-corrected chi connectivity index (χ4v) is 0.754. The van der Waals surface area contributed by atoms with Gasteiger partial charge in [-0.05, 0) is 19.1 Å². The average Bonchev–Trinajstić information content (AvgIpc) is 1.85. The summed E-state index contributed by atoms with van der Waals surface area (Å²) < 4.78 is 5.04. The molecule has 0 atom stereocenters. The highest BCUT2D eigenvalue weighted by Gasteiger charge is 1.93. The van der Waals surface area contributed by atoms with Crippen molar-refractivity contribution in [2.45, 2.75) is 6.92 Å². The van der Waals surface area contributed by atoms with Gasteiger partial charge in [0.1, 0.15) is 0 Å². The minimum absolute atomic E-state index is 0.122. The lowest BCUT2D eigenvalue weighted by Crippen LogP contribution is -2.13. The first kappa shape index (κ1) is 7.93. The number of nitrogens with one attached hydrogen (secondary N) is 2. The van der Waals surface area contributed by atoms with E-state index in [1.807, 2.05) is 0 Å². The normalized spacial score (nSPS) is 9.55. The average molecular weight is 173 g/mol. The fraction of sp³-hybridized carbons (Fsp3) is 0.400. The van der Waals surface area contributed by atoms with Gasteiger partial charge in [0.25, 0.3) is 6.01 Å². The van der Waals surface area contributed by atoms with Crippen LogP contribution in [0, 0.1) is 4.77 Å². The SMILES string of the molecule is CCOc1nc(=S)[nH]c(=O)[nH]1. The molecule has 0 saturated carbocycles. The lowest BCUT2D eigenvalue weighted by molar-refractivity contribution is 0.309. The van der Waals surface area contributed by atoms with Crippen LogP contribution in [0.3, 0.4) is 0 Å². The van der Waals surface area contributed by atoms with Gasteiger partial charge < -0.3 is 4.74 Å². The maximum atomic E-state index is 10.7. The van der Waals surface area contributed by atoms with Crippen LogP contribution in [-0.2, 0) is 0 Å². The molecule has 0 amide bonds. The molecular formula is C5H7N3O2S. The lowest BCUT2D eigenvalue weighted by Gasteiger charge is -1.97. The lowest BCUT2D eigenvalue weighted by atomic mass is 10.8.